The number of benzene rings is 1. The third kappa shape index (κ3) is 2.91. The van der Waals surface area contributed by atoms with E-state index in [-0.39, 0.29) is 5.92 Å². The lowest BCUT2D eigenvalue weighted by Gasteiger charge is -2.62. The van der Waals surface area contributed by atoms with Gasteiger partial charge in [-0.15, -0.1) is 0 Å². The van der Waals surface area contributed by atoms with Crippen LogP contribution in [0.15, 0.2) is 30.3 Å². The number of hydrogen-bond acceptors (Lipinski definition) is 2. The molecule has 0 N–H and O–H groups in total. The molecule has 2 fully saturated rings. The Hall–Kier alpha value is -1.35. The first kappa shape index (κ1) is 16.5. The number of amides is 1. The maximum atomic E-state index is 12.3. The Labute approximate surface area is 140 Å². The molecule has 1 aromatic rings. The van der Waals surface area contributed by atoms with Gasteiger partial charge in [0.25, 0.3) is 0 Å². The van der Waals surface area contributed by atoms with Gasteiger partial charge < -0.3 is 4.90 Å². The van der Waals surface area contributed by atoms with Crippen molar-refractivity contribution in [2.45, 2.75) is 52.6 Å². The molecule has 0 radical (unpaired) electrons. The van der Waals surface area contributed by atoms with Crippen LogP contribution >= 0.6 is 0 Å². The number of carbonyl (C=O) groups excluding carboxylic acids is 1. The maximum Gasteiger partial charge on any atom is 0.225 e. The zero-order valence-corrected chi connectivity index (χ0v) is 15.0. The highest BCUT2D eigenvalue weighted by molar-refractivity contribution is 5.78. The molecular weight excluding hydrogens is 284 g/mol. The quantitative estimate of drug-likeness (QED) is 0.849. The van der Waals surface area contributed by atoms with Crippen LogP contribution in [0.3, 0.4) is 0 Å². The average Bonchev–Trinajstić information content (AvgIpc) is 2.53. The Bertz CT molecular complexity index is 544. The molecule has 3 heteroatoms. The Balaban J connectivity index is 1.76. The van der Waals surface area contributed by atoms with Crippen LogP contribution in [0, 0.1) is 11.3 Å². The van der Waals surface area contributed by atoms with Gasteiger partial charge in [0.15, 0.2) is 0 Å². The molecule has 2 aliphatic rings. The molecule has 1 spiro atoms. The number of carbonyl (C=O) groups is 1. The van der Waals surface area contributed by atoms with Crippen LogP contribution in [0.4, 0.5) is 0 Å². The summed E-state index contributed by atoms with van der Waals surface area (Å²) < 4.78 is 0. The normalized spacial score (nSPS) is 24.3. The van der Waals surface area contributed by atoms with Crippen molar-refractivity contribution in [2.24, 2.45) is 11.3 Å². The molecule has 23 heavy (non-hydrogen) atoms. The van der Waals surface area contributed by atoms with E-state index in [1.165, 1.54) is 12.1 Å². The topological polar surface area (TPSA) is 23.6 Å². The van der Waals surface area contributed by atoms with Gasteiger partial charge in [0.05, 0.1) is 0 Å². The Morgan fingerprint density at radius 2 is 1.70 bits per heavy atom. The fraction of sp³-hybridized carbons (Fsp3) is 0.650. The van der Waals surface area contributed by atoms with Crippen molar-refractivity contribution in [1.29, 1.82) is 0 Å². The van der Waals surface area contributed by atoms with Crippen molar-refractivity contribution >= 4 is 5.91 Å². The lowest BCUT2D eigenvalue weighted by Crippen LogP contribution is -2.64. The van der Waals surface area contributed by atoms with Crippen molar-refractivity contribution in [3.8, 4) is 0 Å². The van der Waals surface area contributed by atoms with Crippen LogP contribution in [-0.4, -0.2) is 41.4 Å². The average molecular weight is 314 g/mol. The first-order valence-corrected chi connectivity index (χ1v) is 9.04. The molecule has 3 rings (SSSR count). The Kier molecular flexibility index (Phi) is 4.50. The first-order chi connectivity index (χ1) is 10.9. The van der Waals surface area contributed by atoms with E-state index in [2.05, 4.69) is 54.0 Å². The fourth-order valence-corrected chi connectivity index (χ4v) is 4.41. The minimum absolute atomic E-state index is 0.113. The minimum Gasteiger partial charge on any atom is -0.342 e. The second-order valence-corrected chi connectivity index (χ2v) is 7.92. The molecular formula is C20H30N2O. The van der Waals surface area contributed by atoms with Crippen molar-refractivity contribution < 1.29 is 4.79 Å². The lowest BCUT2D eigenvalue weighted by atomic mass is 9.62. The Morgan fingerprint density at radius 1 is 1.09 bits per heavy atom. The zero-order valence-electron chi connectivity index (χ0n) is 15.0. The summed E-state index contributed by atoms with van der Waals surface area (Å²) in [5, 5.41) is 0. The molecule has 3 nitrogen and oxygen atoms in total. The summed E-state index contributed by atoms with van der Waals surface area (Å²) in [4.78, 5) is 17.0. The largest absolute Gasteiger partial charge is 0.342 e. The molecule has 0 saturated carbocycles. The number of rotatable bonds is 3. The second kappa shape index (κ2) is 6.27. The maximum absolute atomic E-state index is 12.3. The molecule has 1 aromatic carbocycles. The summed E-state index contributed by atoms with van der Waals surface area (Å²) in [7, 11) is 0. The molecule has 2 saturated heterocycles. The fourth-order valence-electron chi connectivity index (χ4n) is 4.41. The monoisotopic (exact) mass is 314 g/mol. The number of hydrogen-bond donors (Lipinski definition) is 0. The van der Waals surface area contributed by atoms with Gasteiger partial charge in [-0.3, -0.25) is 9.69 Å². The van der Waals surface area contributed by atoms with E-state index in [0.29, 0.717) is 23.4 Å². The van der Waals surface area contributed by atoms with E-state index in [4.69, 9.17) is 0 Å². The van der Waals surface area contributed by atoms with Gasteiger partial charge >= 0.3 is 0 Å². The van der Waals surface area contributed by atoms with Crippen molar-refractivity contribution in [3.63, 3.8) is 0 Å². The smallest absolute Gasteiger partial charge is 0.225 e. The summed E-state index contributed by atoms with van der Waals surface area (Å²) in [6.07, 6.45) is 2.27. The van der Waals surface area contributed by atoms with Crippen LogP contribution in [0.5, 0.6) is 0 Å². The molecule has 1 unspecified atom stereocenters. The third-order valence-corrected chi connectivity index (χ3v) is 5.75. The molecule has 1 amide bonds. The van der Waals surface area contributed by atoms with E-state index in [1.807, 2.05) is 13.8 Å². The third-order valence-electron chi connectivity index (χ3n) is 5.75. The van der Waals surface area contributed by atoms with Gasteiger partial charge in [0.1, 0.15) is 0 Å². The van der Waals surface area contributed by atoms with E-state index >= 15 is 0 Å². The van der Waals surface area contributed by atoms with Gasteiger partial charge in [-0.2, -0.15) is 0 Å². The molecule has 2 aliphatic heterocycles. The predicted molar refractivity (Wildman–Crippen MR) is 94.1 cm³/mol. The molecule has 0 aliphatic carbocycles. The zero-order chi connectivity index (χ0) is 16.6. The van der Waals surface area contributed by atoms with Gasteiger partial charge in [-0.25, -0.2) is 0 Å². The van der Waals surface area contributed by atoms with Gasteiger partial charge in [-0.05, 0) is 32.3 Å². The van der Waals surface area contributed by atoms with Crippen LogP contribution in [0.25, 0.3) is 0 Å². The van der Waals surface area contributed by atoms with Gasteiger partial charge in [-0.1, -0.05) is 44.2 Å². The standard InChI is InChI=1S/C20H30N2O/c1-15(2)19(23)21-12-10-20(11-13-21)14-22(16(3)4)18(20)17-8-6-5-7-9-17/h5-9,15-16,18H,10-14H2,1-4H3. The van der Waals surface area contributed by atoms with Crippen molar-refractivity contribution in [1.82, 2.24) is 9.80 Å². The summed E-state index contributed by atoms with van der Waals surface area (Å²) in [6.45, 7) is 11.6. The summed E-state index contributed by atoms with van der Waals surface area (Å²) in [6, 6.07) is 12.0. The van der Waals surface area contributed by atoms with Gasteiger partial charge in [0, 0.05) is 43.1 Å². The van der Waals surface area contributed by atoms with Gasteiger partial charge in [0.2, 0.25) is 5.91 Å². The highest BCUT2D eigenvalue weighted by Crippen LogP contribution is 2.55. The summed E-state index contributed by atoms with van der Waals surface area (Å²) in [5.74, 6) is 0.429. The summed E-state index contributed by atoms with van der Waals surface area (Å²) >= 11 is 0. The van der Waals surface area contributed by atoms with Crippen LogP contribution in [0.2, 0.25) is 0 Å². The molecule has 0 aromatic heterocycles. The summed E-state index contributed by atoms with van der Waals surface area (Å²) in [5.41, 5.74) is 1.80. The number of piperidine rings is 1. The van der Waals surface area contributed by atoms with Crippen molar-refractivity contribution in [2.75, 3.05) is 19.6 Å². The number of nitrogens with zero attached hydrogens (tertiary/aromatic N) is 2. The van der Waals surface area contributed by atoms with E-state index < -0.39 is 0 Å². The molecule has 126 valence electrons. The van der Waals surface area contributed by atoms with E-state index in [0.717, 1.165) is 25.9 Å². The van der Waals surface area contributed by atoms with Crippen LogP contribution < -0.4 is 0 Å². The highest BCUT2D eigenvalue weighted by Gasteiger charge is 2.54. The highest BCUT2D eigenvalue weighted by atomic mass is 16.2. The molecule has 1 atom stereocenters. The van der Waals surface area contributed by atoms with Crippen LogP contribution in [0.1, 0.15) is 52.1 Å². The van der Waals surface area contributed by atoms with E-state index in [1.54, 1.807) is 0 Å². The minimum atomic E-state index is 0.113. The van der Waals surface area contributed by atoms with Crippen LogP contribution in [-0.2, 0) is 4.79 Å². The molecule has 0 bridgehead atoms. The number of likely N-dealkylation sites (tertiary alicyclic amines) is 2. The van der Waals surface area contributed by atoms with Crippen molar-refractivity contribution in [3.05, 3.63) is 35.9 Å². The Morgan fingerprint density at radius 3 is 2.22 bits per heavy atom. The lowest BCUT2D eigenvalue weighted by molar-refractivity contribution is -0.150. The molecule has 2 heterocycles. The van der Waals surface area contributed by atoms with E-state index in [9.17, 15) is 4.79 Å². The second-order valence-electron chi connectivity index (χ2n) is 7.92. The SMILES string of the molecule is CC(C)C(=O)N1CCC2(CC1)CN(C(C)C)C2c1ccccc1. The predicted octanol–water partition coefficient (Wildman–Crippen LogP) is 3.72. The first-order valence-electron chi connectivity index (χ1n) is 9.04.